The van der Waals surface area contributed by atoms with E-state index in [2.05, 4.69) is 5.32 Å². The van der Waals surface area contributed by atoms with Crippen LogP contribution in [0.2, 0.25) is 0 Å². The van der Waals surface area contributed by atoms with Gasteiger partial charge in [-0.05, 0) is 61.9 Å². The summed E-state index contributed by atoms with van der Waals surface area (Å²) in [4.78, 5) is 24.7. The Balaban J connectivity index is 1.95. The van der Waals surface area contributed by atoms with Gasteiger partial charge in [0.15, 0.2) is 5.78 Å². The number of carbonyl (C=O) groups excluding carboxylic acids is 2. The zero-order valence-corrected chi connectivity index (χ0v) is 16.0. The number of nitrogens with zero attached hydrogens (tertiary/aromatic N) is 1. The van der Waals surface area contributed by atoms with Crippen LogP contribution in [0.4, 0.5) is 10.1 Å². The average Bonchev–Trinajstić information content (AvgIpc) is 2.99. The lowest BCUT2D eigenvalue weighted by molar-refractivity contribution is -0.116. The number of anilines is 1. The van der Waals surface area contributed by atoms with Crippen LogP contribution >= 0.6 is 0 Å². The van der Waals surface area contributed by atoms with Gasteiger partial charge in [-0.1, -0.05) is 12.1 Å². The van der Waals surface area contributed by atoms with Gasteiger partial charge >= 0.3 is 0 Å². The molecule has 1 N–H and O–H groups in total. The second-order valence-electron chi connectivity index (χ2n) is 6.43. The van der Waals surface area contributed by atoms with E-state index >= 15 is 0 Å². The molecule has 0 saturated carbocycles. The molecule has 0 aliphatic carbocycles. The molecule has 28 heavy (non-hydrogen) atoms. The number of nitrogens with one attached hydrogen (secondary N) is 1. The summed E-state index contributed by atoms with van der Waals surface area (Å²) in [5.41, 5.74) is 3.18. The highest BCUT2D eigenvalue weighted by Gasteiger charge is 2.18. The van der Waals surface area contributed by atoms with Crippen molar-refractivity contribution < 1.29 is 18.7 Å². The molecule has 0 unspecified atom stereocenters. The number of amides is 1. The molecule has 3 aromatic rings. The molecule has 0 saturated heterocycles. The Labute approximate surface area is 162 Å². The SMILES string of the molecule is COc1ccccc1NC(=O)Cn1c(-c2ccc(F)cc2)cc(C(C)=O)c1C. The van der Waals surface area contributed by atoms with Crippen LogP contribution in [0.25, 0.3) is 11.3 Å². The number of halogens is 1. The van der Waals surface area contributed by atoms with Crippen LogP contribution in [-0.4, -0.2) is 23.4 Å². The van der Waals surface area contributed by atoms with E-state index in [0.717, 1.165) is 5.56 Å². The highest BCUT2D eigenvalue weighted by atomic mass is 19.1. The average molecular weight is 380 g/mol. The first kappa shape index (κ1) is 19.4. The van der Waals surface area contributed by atoms with Gasteiger partial charge in [-0.3, -0.25) is 9.59 Å². The fourth-order valence-corrected chi connectivity index (χ4v) is 3.15. The molecular formula is C22H21FN2O3. The summed E-state index contributed by atoms with van der Waals surface area (Å²) in [6.07, 6.45) is 0. The number of hydrogen-bond acceptors (Lipinski definition) is 3. The third-order valence-corrected chi connectivity index (χ3v) is 4.57. The van der Waals surface area contributed by atoms with Crippen LogP contribution in [0.1, 0.15) is 23.0 Å². The van der Waals surface area contributed by atoms with Crippen molar-refractivity contribution in [3.63, 3.8) is 0 Å². The lowest BCUT2D eigenvalue weighted by Crippen LogP contribution is -2.20. The van der Waals surface area contributed by atoms with Crippen molar-refractivity contribution in [3.05, 3.63) is 71.7 Å². The second kappa shape index (κ2) is 8.08. The Morgan fingerprint density at radius 2 is 1.79 bits per heavy atom. The second-order valence-corrected chi connectivity index (χ2v) is 6.43. The van der Waals surface area contributed by atoms with Crippen molar-refractivity contribution in [1.82, 2.24) is 4.57 Å². The summed E-state index contributed by atoms with van der Waals surface area (Å²) < 4.78 is 20.3. The van der Waals surface area contributed by atoms with Gasteiger partial charge in [0.25, 0.3) is 0 Å². The van der Waals surface area contributed by atoms with E-state index in [-0.39, 0.29) is 24.1 Å². The molecule has 0 atom stereocenters. The molecule has 3 rings (SSSR count). The van der Waals surface area contributed by atoms with Crippen molar-refractivity contribution in [2.45, 2.75) is 20.4 Å². The zero-order valence-electron chi connectivity index (χ0n) is 16.0. The van der Waals surface area contributed by atoms with E-state index in [0.29, 0.717) is 28.4 Å². The molecule has 0 bridgehead atoms. The standard InChI is InChI=1S/C22H21FN2O3/c1-14-18(15(2)26)12-20(16-8-10-17(23)11-9-16)25(14)13-22(27)24-19-6-4-5-7-21(19)28-3/h4-12H,13H2,1-3H3,(H,24,27). The Kier molecular flexibility index (Phi) is 5.59. The molecular weight excluding hydrogens is 359 g/mol. The maximum absolute atomic E-state index is 13.3. The number of rotatable bonds is 6. The lowest BCUT2D eigenvalue weighted by Gasteiger charge is -2.14. The van der Waals surface area contributed by atoms with Gasteiger partial charge in [-0.25, -0.2) is 4.39 Å². The first-order valence-corrected chi connectivity index (χ1v) is 8.80. The zero-order chi connectivity index (χ0) is 20.3. The first-order chi connectivity index (χ1) is 13.4. The van der Waals surface area contributed by atoms with Gasteiger partial charge in [-0.15, -0.1) is 0 Å². The van der Waals surface area contributed by atoms with Crippen molar-refractivity contribution >= 4 is 17.4 Å². The molecule has 6 heteroatoms. The number of hydrogen-bond donors (Lipinski definition) is 1. The van der Waals surface area contributed by atoms with Gasteiger partial charge in [0.2, 0.25) is 5.91 Å². The quantitative estimate of drug-likeness (QED) is 0.643. The molecule has 0 radical (unpaired) electrons. The van der Waals surface area contributed by atoms with E-state index in [1.165, 1.54) is 26.2 Å². The van der Waals surface area contributed by atoms with Gasteiger partial charge < -0.3 is 14.6 Å². The summed E-state index contributed by atoms with van der Waals surface area (Å²) in [6.45, 7) is 3.28. The Morgan fingerprint density at radius 1 is 1.11 bits per heavy atom. The van der Waals surface area contributed by atoms with Crippen LogP contribution in [0.5, 0.6) is 5.75 Å². The first-order valence-electron chi connectivity index (χ1n) is 8.80. The third kappa shape index (κ3) is 3.96. The predicted molar refractivity (Wildman–Crippen MR) is 106 cm³/mol. The molecule has 1 amide bonds. The van der Waals surface area contributed by atoms with E-state index in [1.807, 2.05) is 6.07 Å². The van der Waals surface area contributed by atoms with Crippen molar-refractivity contribution in [3.8, 4) is 17.0 Å². The number of carbonyl (C=O) groups is 2. The molecule has 1 aromatic heterocycles. The fourth-order valence-electron chi connectivity index (χ4n) is 3.15. The summed E-state index contributed by atoms with van der Waals surface area (Å²) in [5.74, 6) is -0.144. The fraction of sp³-hybridized carbons (Fsp3) is 0.182. The minimum atomic E-state index is -0.348. The highest BCUT2D eigenvalue weighted by molar-refractivity contribution is 5.97. The van der Waals surface area contributed by atoms with Gasteiger partial charge in [0, 0.05) is 17.0 Å². The van der Waals surface area contributed by atoms with E-state index in [4.69, 9.17) is 4.74 Å². The van der Waals surface area contributed by atoms with Crippen LogP contribution in [0.15, 0.2) is 54.6 Å². The number of benzene rings is 2. The van der Waals surface area contributed by atoms with Gasteiger partial charge in [0.1, 0.15) is 18.1 Å². The number of para-hydroxylation sites is 2. The van der Waals surface area contributed by atoms with Crippen LogP contribution in [0, 0.1) is 12.7 Å². The summed E-state index contributed by atoms with van der Waals surface area (Å²) in [5, 5.41) is 2.83. The number of Topliss-reactive ketones (excluding diaryl/α,β-unsaturated/α-hetero) is 1. The summed E-state index contributed by atoms with van der Waals surface area (Å²) in [6, 6.07) is 14.8. The number of ketones is 1. The third-order valence-electron chi connectivity index (χ3n) is 4.57. The topological polar surface area (TPSA) is 60.3 Å². The molecule has 144 valence electrons. The summed E-state index contributed by atoms with van der Waals surface area (Å²) >= 11 is 0. The predicted octanol–water partition coefficient (Wildman–Crippen LogP) is 4.45. The van der Waals surface area contributed by atoms with Crippen molar-refractivity contribution in [2.24, 2.45) is 0 Å². The summed E-state index contributed by atoms with van der Waals surface area (Å²) in [7, 11) is 1.53. The number of aromatic nitrogens is 1. The monoisotopic (exact) mass is 380 g/mol. The van der Waals surface area contributed by atoms with Crippen LogP contribution < -0.4 is 10.1 Å². The Morgan fingerprint density at radius 3 is 2.43 bits per heavy atom. The van der Waals surface area contributed by atoms with E-state index < -0.39 is 0 Å². The highest BCUT2D eigenvalue weighted by Crippen LogP contribution is 2.27. The smallest absolute Gasteiger partial charge is 0.244 e. The number of ether oxygens (including phenoxy) is 1. The molecule has 0 aliphatic rings. The minimum absolute atomic E-state index is 0.00384. The molecule has 0 spiro atoms. The normalized spacial score (nSPS) is 10.6. The largest absolute Gasteiger partial charge is 0.495 e. The minimum Gasteiger partial charge on any atom is -0.495 e. The maximum Gasteiger partial charge on any atom is 0.244 e. The van der Waals surface area contributed by atoms with E-state index in [1.54, 1.807) is 47.9 Å². The molecule has 0 aliphatic heterocycles. The Bertz CT molecular complexity index is 1020. The molecule has 0 fully saturated rings. The molecule has 5 nitrogen and oxygen atoms in total. The maximum atomic E-state index is 13.3. The molecule has 1 heterocycles. The molecule has 2 aromatic carbocycles. The van der Waals surface area contributed by atoms with Gasteiger partial charge in [0.05, 0.1) is 12.8 Å². The lowest BCUT2D eigenvalue weighted by atomic mass is 10.1. The van der Waals surface area contributed by atoms with Crippen LogP contribution in [-0.2, 0) is 11.3 Å². The Hall–Kier alpha value is -3.41. The van der Waals surface area contributed by atoms with Gasteiger partial charge in [-0.2, -0.15) is 0 Å². The van der Waals surface area contributed by atoms with Crippen molar-refractivity contribution in [2.75, 3.05) is 12.4 Å². The van der Waals surface area contributed by atoms with Crippen molar-refractivity contribution in [1.29, 1.82) is 0 Å². The van der Waals surface area contributed by atoms with E-state index in [9.17, 15) is 14.0 Å². The number of methoxy groups -OCH3 is 1. The van der Waals surface area contributed by atoms with Crippen LogP contribution in [0.3, 0.4) is 0 Å².